The maximum absolute atomic E-state index is 11.6. The van der Waals surface area contributed by atoms with Crippen molar-refractivity contribution in [3.05, 3.63) is 11.1 Å². The van der Waals surface area contributed by atoms with Crippen LogP contribution in [0.5, 0.6) is 0 Å². The van der Waals surface area contributed by atoms with Crippen molar-refractivity contribution in [2.75, 3.05) is 18.5 Å². The van der Waals surface area contributed by atoms with E-state index in [0.29, 0.717) is 0 Å². The molecular formula is C11H10Cl6N4O6S. The number of alkyl halides is 6. The van der Waals surface area contributed by atoms with E-state index in [4.69, 9.17) is 69.6 Å². The zero-order valence-corrected chi connectivity index (χ0v) is 18.5. The van der Waals surface area contributed by atoms with Crippen LogP contribution >= 0.6 is 80.9 Å². The smallest absolute Gasteiger partial charge is 0.421 e. The van der Waals surface area contributed by atoms with Gasteiger partial charge in [0.05, 0.1) is 5.69 Å². The Morgan fingerprint density at radius 3 is 2.11 bits per heavy atom. The lowest BCUT2D eigenvalue weighted by Gasteiger charge is -2.15. The quantitative estimate of drug-likeness (QED) is 0.304. The van der Waals surface area contributed by atoms with Gasteiger partial charge in [0.2, 0.25) is 7.59 Å². The van der Waals surface area contributed by atoms with Crippen LogP contribution in [0, 0.1) is 0 Å². The van der Waals surface area contributed by atoms with Crippen molar-refractivity contribution in [1.82, 2.24) is 15.8 Å². The molecule has 1 atom stereocenters. The normalized spacial score (nSPS) is 12.8. The van der Waals surface area contributed by atoms with Crippen LogP contribution < -0.4 is 16.2 Å². The first-order chi connectivity index (χ1) is 12.8. The molecule has 0 radical (unpaired) electrons. The first kappa shape index (κ1) is 25.4. The van der Waals surface area contributed by atoms with Crippen molar-refractivity contribution in [2.45, 2.75) is 13.6 Å². The summed E-state index contributed by atoms with van der Waals surface area (Å²) in [5.74, 6) is -1.39. The van der Waals surface area contributed by atoms with Crippen LogP contribution in [0.15, 0.2) is 5.38 Å². The fraction of sp³-hybridized carbons (Fsp3) is 0.455. The zero-order valence-electron chi connectivity index (χ0n) is 13.2. The molecule has 0 aliphatic rings. The summed E-state index contributed by atoms with van der Waals surface area (Å²) in [5.41, 5.74) is 4.10. The van der Waals surface area contributed by atoms with Gasteiger partial charge >= 0.3 is 18.2 Å². The maximum Gasteiger partial charge on any atom is 0.421 e. The molecule has 0 saturated carbocycles. The summed E-state index contributed by atoms with van der Waals surface area (Å²) in [4.78, 5) is 38.3. The number of aromatic nitrogens is 1. The fourth-order valence-corrected chi connectivity index (χ4v) is 2.37. The summed E-state index contributed by atoms with van der Waals surface area (Å²) in [7, 11) is 0. The average Bonchev–Trinajstić information content (AvgIpc) is 2.97. The number of carboxylic acids is 1. The number of nitrogens with zero attached hydrogens (tertiary/aromatic N) is 1. The zero-order chi connectivity index (χ0) is 21.5. The lowest BCUT2D eigenvalue weighted by atomic mass is 10.2. The Balaban J connectivity index is 2.62. The van der Waals surface area contributed by atoms with Crippen molar-refractivity contribution in [2.24, 2.45) is 0 Å². The van der Waals surface area contributed by atoms with E-state index < -0.39 is 45.0 Å². The predicted molar refractivity (Wildman–Crippen MR) is 106 cm³/mol. The molecule has 1 aromatic rings. The second-order valence-corrected chi connectivity index (χ2v) is 10.5. The molecule has 17 heteroatoms. The van der Waals surface area contributed by atoms with Gasteiger partial charge in [-0.15, -0.1) is 11.3 Å². The second kappa shape index (κ2) is 10.9. The van der Waals surface area contributed by atoms with Crippen LogP contribution in [0.4, 0.5) is 14.7 Å². The number of halogens is 6. The van der Waals surface area contributed by atoms with Gasteiger partial charge in [-0.3, -0.25) is 15.5 Å². The number of carboxylic acid groups (broad SMARTS) is 1. The molecule has 1 unspecified atom stereocenters. The number of rotatable bonds is 7. The largest absolute Gasteiger partial charge is 0.480 e. The summed E-state index contributed by atoms with van der Waals surface area (Å²) in [6, 6.07) is -1.48. The van der Waals surface area contributed by atoms with Gasteiger partial charge in [-0.05, 0) is 0 Å². The number of thiazole rings is 1. The highest BCUT2D eigenvalue weighted by Crippen LogP contribution is 2.27. The van der Waals surface area contributed by atoms with Gasteiger partial charge in [0.25, 0.3) is 0 Å². The first-order valence-corrected chi connectivity index (χ1v) is 9.85. The third-order valence-electron chi connectivity index (χ3n) is 2.33. The van der Waals surface area contributed by atoms with Crippen LogP contribution in [0.2, 0.25) is 0 Å². The number of amides is 2. The molecule has 1 rings (SSSR count). The molecule has 0 aliphatic carbocycles. The minimum Gasteiger partial charge on any atom is -0.480 e. The Bertz CT molecular complexity index is 708. The predicted octanol–water partition coefficient (Wildman–Crippen LogP) is 3.79. The summed E-state index contributed by atoms with van der Waals surface area (Å²) >= 11 is 33.4. The van der Waals surface area contributed by atoms with E-state index in [1.165, 1.54) is 5.38 Å². The number of hydrogen-bond acceptors (Lipinski definition) is 8. The molecule has 158 valence electrons. The number of carbonyl (C=O) groups is 3. The number of aliphatic carboxylic acids is 1. The van der Waals surface area contributed by atoms with Crippen molar-refractivity contribution >= 4 is 104 Å². The Labute approximate surface area is 191 Å². The highest BCUT2D eigenvalue weighted by atomic mass is 35.6. The molecule has 1 aromatic heterocycles. The number of nitrogens with one attached hydrogen (secondary N) is 3. The molecule has 0 saturated heterocycles. The van der Waals surface area contributed by atoms with E-state index in [-0.39, 0.29) is 10.8 Å². The molecule has 1 heterocycles. The lowest BCUT2D eigenvalue weighted by Crippen LogP contribution is -2.44. The van der Waals surface area contributed by atoms with Crippen LogP contribution in [-0.4, -0.2) is 49.0 Å². The molecule has 0 aromatic carbocycles. The average molecular weight is 539 g/mol. The van der Waals surface area contributed by atoms with Gasteiger partial charge in [-0.1, -0.05) is 69.6 Å². The van der Waals surface area contributed by atoms with Gasteiger partial charge in [0.15, 0.2) is 11.2 Å². The van der Waals surface area contributed by atoms with Crippen molar-refractivity contribution in [3.8, 4) is 0 Å². The first-order valence-electron chi connectivity index (χ1n) is 6.70. The number of carbonyl (C=O) groups excluding carboxylic acids is 2. The van der Waals surface area contributed by atoms with Crippen molar-refractivity contribution in [3.63, 3.8) is 0 Å². The number of hydrogen-bond donors (Lipinski definition) is 4. The standard InChI is InChI=1S/C11H10Cl6N4O6S/c12-10(13,14)2-26-8(24)19-7-18-4(1-28-7)5(6(22)23)20-21-9(25)27-3-11(15,16)17/h1,5,20H,2-3H2,(H,21,25)(H,22,23)(H,18,19,24). The maximum atomic E-state index is 11.6. The molecule has 0 fully saturated rings. The van der Waals surface area contributed by atoms with Crippen LogP contribution in [0.1, 0.15) is 11.7 Å². The number of anilines is 1. The van der Waals surface area contributed by atoms with E-state index in [9.17, 15) is 19.5 Å². The molecule has 28 heavy (non-hydrogen) atoms. The highest BCUT2D eigenvalue weighted by molar-refractivity contribution is 7.13. The minimum atomic E-state index is -1.83. The molecule has 0 aliphatic heterocycles. The molecular weight excluding hydrogens is 529 g/mol. The Kier molecular flexibility index (Phi) is 9.90. The molecule has 0 spiro atoms. The second-order valence-electron chi connectivity index (χ2n) is 4.63. The Hall–Kier alpha value is -0.660. The SMILES string of the molecule is O=C(NNC(C(=O)O)c1csc(NC(=O)OCC(Cl)(Cl)Cl)n1)OCC(Cl)(Cl)Cl. The summed E-state index contributed by atoms with van der Waals surface area (Å²) < 4.78 is 5.58. The summed E-state index contributed by atoms with van der Waals surface area (Å²) in [5, 5.41) is 12.8. The number of ether oxygens (including phenoxy) is 2. The van der Waals surface area contributed by atoms with E-state index in [2.05, 4.69) is 25.2 Å². The van der Waals surface area contributed by atoms with E-state index >= 15 is 0 Å². The monoisotopic (exact) mass is 536 g/mol. The van der Waals surface area contributed by atoms with Gasteiger partial charge in [-0.25, -0.2) is 20.0 Å². The topological polar surface area (TPSA) is 139 Å². The van der Waals surface area contributed by atoms with Gasteiger partial charge in [0, 0.05) is 5.38 Å². The van der Waals surface area contributed by atoms with E-state index in [0.717, 1.165) is 11.3 Å². The fourth-order valence-electron chi connectivity index (χ4n) is 1.32. The highest BCUT2D eigenvalue weighted by Gasteiger charge is 2.26. The van der Waals surface area contributed by atoms with Crippen molar-refractivity contribution < 1.29 is 29.0 Å². The molecule has 2 amide bonds. The van der Waals surface area contributed by atoms with Crippen LogP contribution in [-0.2, 0) is 14.3 Å². The van der Waals surface area contributed by atoms with E-state index in [1.54, 1.807) is 0 Å². The van der Waals surface area contributed by atoms with Crippen molar-refractivity contribution in [1.29, 1.82) is 0 Å². The minimum absolute atomic E-state index is 0.00357. The third kappa shape index (κ3) is 10.8. The molecule has 4 N–H and O–H groups in total. The van der Waals surface area contributed by atoms with E-state index in [1.807, 2.05) is 5.43 Å². The summed E-state index contributed by atoms with van der Waals surface area (Å²) in [6.45, 7) is -1.08. The molecule has 0 bridgehead atoms. The Morgan fingerprint density at radius 1 is 1.07 bits per heavy atom. The van der Waals surface area contributed by atoms with Crippen LogP contribution in [0.25, 0.3) is 0 Å². The van der Waals surface area contributed by atoms with Gasteiger partial charge in [-0.2, -0.15) is 0 Å². The number of hydrazine groups is 1. The lowest BCUT2D eigenvalue weighted by molar-refractivity contribution is -0.140. The van der Waals surface area contributed by atoms with Gasteiger partial charge < -0.3 is 14.6 Å². The summed E-state index contributed by atoms with van der Waals surface area (Å²) in [6.07, 6.45) is -2.07. The Morgan fingerprint density at radius 2 is 1.61 bits per heavy atom. The van der Waals surface area contributed by atoms with Crippen LogP contribution in [0.3, 0.4) is 0 Å². The van der Waals surface area contributed by atoms with Gasteiger partial charge in [0.1, 0.15) is 13.2 Å². The third-order valence-corrected chi connectivity index (χ3v) is 3.76. The molecule has 10 nitrogen and oxygen atoms in total.